The molecule has 8 nitrogen and oxygen atoms in total. The molecule has 0 saturated carbocycles. The zero-order valence-corrected chi connectivity index (χ0v) is 18.7. The van der Waals surface area contributed by atoms with Crippen molar-refractivity contribution in [3.63, 3.8) is 0 Å². The minimum atomic E-state index is -0.522. The Morgan fingerprint density at radius 1 is 0.839 bits per heavy atom. The molecule has 0 unspecified atom stereocenters. The maximum atomic E-state index is 12.9. The second-order valence-electron chi connectivity index (χ2n) is 9.09. The van der Waals surface area contributed by atoms with Gasteiger partial charge in [-0.2, -0.15) is 0 Å². The van der Waals surface area contributed by atoms with Crippen LogP contribution in [-0.2, 0) is 20.9 Å². The van der Waals surface area contributed by atoms with Crippen molar-refractivity contribution in [1.82, 2.24) is 14.7 Å². The van der Waals surface area contributed by atoms with Crippen molar-refractivity contribution in [3.05, 3.63) is 35.9 Å². The number of carbonyl (C=O) groups is 3. The van der Waals surface area contributed by atoms with Gasteiger partial charge in [-0.3, -0.25) is 4.79 Å². The number of benzene rings is 1. The van der Waals surface area contributed by atoms with Gasteiger partial charge in [0.25, 0.3) is 0 Å². The molecule has 1 aromatic rings. The van der Waals surface area contributed by atoms with Crippen LogP contribution in [0, 0.1) is 5.92 Å². The van der Waals surface area contributed by atoms with Gasteiger partial charge in [0.2, 0.25) is 5.91 Å². The van der Waals surface area contributed by atoms with Crippen LogP contribution in [0.25, 0.3) is 0 Å². The van der Waals surface area contributed by atoms with Gasteiger partial charge in [-0.25, -0.2) is 9.59 Å². The van der Waals surface area contributed by atoms with Crippen LogP contribution in [0.5, 0.6) is 0 Å². The SMILES string of the molecule is CC(C)(C)OC(=O)N1CCC(C(=O)N2CCN(C(=O)OCc3ccccc3)CC2)CC1. The molecule has 2 heterocycles. The molecule has 1 aromatic carbocycles. The molecule has 2 aliphatic rings. The molecule has 0 atom stereocenters. The number of ether oxygens (including phenoxy) is 2. The number of rotatable bonds is 3. The fourth-order valence-corrected chi connectivity index (χ4v) is 3.81. The molecule has 3 rings (SSSR count). The Balaban J connectivity index is 1.39. The summed E-state index contributed by atoms with van der Waals surface area (Å²) in [5, 5.41) is 0. The van der Waals surface area contributed by atoms with Crippen molar-refractivity contribution in [1.29, 1.82) is 0 Å². The first-order valence-electron chi connectivity index (χ1n) is 11.0. The average molecular weight is 432 g/mol. The Morgan fingerprint density at radius 2 is 1.39 bits per heavy atom. The van der Waals surface area contributed by atoms with Gasteiger partial charge in [-0.05, 0) is 39.2 Å². The van der Waals surface area contributed by atoms with Gasteiger partial charge in [0, 0.05) is 45.2 Å². The highest BCUT2D eigenvalue weighted by Gasteiger charge is 2.33. The van der Waals surface area contributed by atoms with Crippen molar-refractivity contribution in [3.8, 4) is 0 Å². The normalized spacial score (nSPS) is 18.0. The Labute approximate surface area is 184 Å². The third-order valence-corrected chi connectivity index (χ3v) is 5.55. The highest BCUT2D eigenvalue weighted by Crippen LogP contribution is 2.22. The number of nitrogens with zero attached hydrogens (tertiary/aromatic N) is 3. The standard InChI is InChI=1S/C23H33N3O5/c1-23(2,3)31-22(29)25-11-9-19(10-12-25)20(27)24-13-15-26(16-14-24)21(28)30-17-18-7-5-4-6-8-18/h4-8,19H,9-17H2,1-3H3. The lowest BCUT2D eigenvalue weighted by molar-refractivity contribution is -0.138. The highest BCUT2D eigenvalue weighted by atomic mass is 16.6. The molecule has 3 amide bonds. The summed E-state index contributed by atoms with van der Waals surface area (Å²) in [6, 6.07) is 9.57. The number of piperazine rings is 1. The van der Waals surface area contributed by atoms with Gasteiger partial charge in [0.1, 0.15) is 12.2 Å². The van der Waals surface area contributed by atoms with E-state index in [9.17, 15) is 14.4 Å². The van der Waals surface area contributed by atoms with E-state index < -0.39 is 5.60 Å². The van der Waals surface area contributed by atoms with Gasteiger partial charge in [0.05, 0.1) is 0 Å². The molecule has 2 fully saturated rings. The lowest BCUT2D eigenvalue weighted by Crippen LogP contribution is -2.53. The number of carbonyl (C=O) groups excluding carboxylic acids is 3. The summed E-state index contributed by atoms with van der Waals surface area (Å²) >= 11 is 0. The molecule has 0 aliphatic carbocycles. The minimum absolute atomic E-state index is 0.0877. The predicted molar refractivity (Wildman–Crippen MR) is 115 cm³/mol. The molecular formula is C23H33N3O5. The third kappa shape index (κ3) is 6.60. The number of piperidine rings is 1. The van der Waals surface area contributed by atoms with E-state index in [0.29, 0.717) is 52.1 Å². The molecule has 2 aliphatic heterocycles. The zero-order chi connectivity index (χ0) is 22.4. The van der Waals surface area contributed by atoms with Gasteiger partial charge in [-0.15, -0.1) is 0 Å². The molecule has 0 radical (unpaired) electrons. The molecule has 0 spiro atoms. The number of hydrogen-bond acceptors (Lipinski definition) is 5. The molecule has 0 aromatic heterocycles. The van der Waals surface area contributed by atoms with E-state index in [2.05, 4.69) is 0 Å². The minimum Gasteiger partial charge on any atom is -0.445 e. The van der Waals surface area contributed by atoms with Gasteiger partial charge >= 0.3 is 12.2 Å². The first-order valence-corrected chi connectivity index (χ1v) is 11.0. The first kappa shape index (κ1) is 22.9. The largest absolute Gasteiger partial charge is 0.445 e. The average Bonchev–Trinajstić information content (AvgIpc) is 2.77. The number of likely N-dealkylation sites (tertiary alicyclic amines) is 1. The maximum Gasteiger partial charge on any atom is 0.410 e. The number of hydrogen-bond donors (Lipinski definition) is 0. The first-order chi connectivity index (χ1) is 14.7. The Kier molecular flexibility index (Phi) is 7.41. The lowest BCUT2D eigenvalue weighted by Gasteiger charge is -2.38. The summed E-state index contributed by atoms with van der Waals surface area (Å²) in [7, 11) is 0. The van der Waals surface area contributed by atoms with E-state index in [4.69, 9.17) is 9.47 Å². The molecule has 31 heavy (non-hydrogen) atoms. The molecular weight excluding hydrogens is 398 g/mol. The smallest absolute Gasteiger partial charge is 0.410 e. The summed E-state index contributed by atoms with van der Waals surface area (Å²) in [6.07, 6.45) is 0.608. The van der Waals surface area contributed by atoms with Gasteiger partial charge < -0.3 is 24.2 Å². The summed E-state index contributed by atoms with van der Waals surface area (Å²) in [5.41, 5.74) is 0.425. The summed E-state index contributed by atoms with van der Waals surface area (Å²) in [4.78, 5) is 42.6. The second-order valence-corrected chi connectivity index (χ2v) is 9.09. The molecule has 2 saturated heterocycles. The molecule has 8 heteroatoms. The predicted octanol–water partition coefficient (Wildman–Crippen LogP) is 3.11. The van der Waals surface area contributed by atoms with Crippen LogP contribution >= 0.6 is 0 Å². The van der Waals surface area contributed by atoms with E-state index in [-0.39, 0.29) is 30.6 Å². The molecule has 0 N–H and O–H groups in total. The Bertz CT molecular complexity index is 761. The van der Waals surface area contributed by atoms with Crippen LogP contribution < -0.4 is 0 Å². The molecule has 170 valence electrons. The van der Waals surface area contributed by atoms with Crippen molar-refractivity contribution < 1.29 is 23.9 Å². The summed E-state index contributed by atoms with van der Waals surface area (Å²) < 4.78 is 10.8. The van der Waals surface area contributed by atoms with E-state index in [1.54, 1.807) is 9.80 Å². The van der Waals surface area contributed by atoms with Crippen LogP contribution in [0.2, 0.25) is 0 Å². The van der Waals surface area contributed by atoms with Gasteiger partial charge in [-0.1, -0.05) is 30.3 Å². The Morgan fingerprint density at radius 3 is 1.97 bits per heavy atom. The van der Waals surface area contributed by atoms with Gasteiger partial charge in [0.15, 0.2) is 0 Å². The highest BCUT2D eigenvalue weighted by molar-refractivity contribution is 5.80. The molecule has 0 bridgehead atoms. The number of amides is 3. The van der Waals surface area contributed by atoms with Crippen molar-refractivity contribution in [2.24, 2.45) is 5.92 Å². The van der Waals surface area contributed by atoms with E-state index in [0.717, 1.165) is 5.56 Å². The maximum absolute atomic E-state index is 12.9. The lowest BCUT2D eigenvalue weighted by atomic mass is 9.95. The zero-order valence-electron chi connectivity index (χ0n) is 18.7. The van der Waals surface area contributed by atoms with Crippen LogP contribution in [0.4, 0.5) is 9.59 Å². The van der Waals surface area contributed by atoms with Crippen LogP contribution in [0.15, 0.2) is 30.3 Å². The van der Waals surface area contributed by atoms with E-state index >= 15 is 0 Å². The summed E-state index contributed by atoms with van der Waals surface area (Å²) in [6.45, 7) is 8.78. The van der Waals surface area contributed by atoms with Crippen LogP contribution in [0.1, 0.15) is 39.2 Å². The quantitative estimate of drug-likeness (QED) is 0.735. The van der Waals surface area contributed by atoms with Crippen molar-refractivity contribution >= 4 is 18.1 Å². The topological polar surface area (TPSA) is 79.4 Å². The fourth-order valence-electron chi connectivity index (χ4n) is 3.81. The summed E-state index contributed by atoms with van der Waals surface area (Å²) in [5.74, 6) is 0.0245. The van der Waals surface area contributed by atoms with Crippen molar-refractivity contribution in [2.45, 2.75) is 45.8 Å². The van der Waals surface area contributed by atoms with E-state index in [1.165, 1.54) is 0 Å². The van der Waals surface area contributed by atoms with Crippen LogP contribution in [-0.4, -0.2) is 77.7 Å². The second kappa shape index (κ2) is 10.0. The Hall–Kier alpha value is -2.77. The third-order valence-electron chi connectivity index (χ3n) is 5.55. The monoisotopic (exact) mass is 431 g/mol. The van der Waals surface area contributed by atoms with Crippen LogP contribution in [0.3, 0.4) is 0 Å². The fraction of sp³-hybridized carbons (Fsp3) is 0.609. The van der Waals surface area contributed by atoms with E-state index in [1.807, 2.05) is 56.0 Å². The van der Waals surface area contributed by atoms with Crippen molar-refractivity contribution in [2.75, 3.05) is 39.3 Å².